The Kier molecular flexibility index (Phi) is 5.00. The van der Waals surface area contributed by atoms with E-state index in [0.29, 0.717) is 12.6 Å². The average Bonchev–Trinajstić information content (AvgIpc) is 3.40. The molecule has 0 bridgehead atoms. The molecule has 0 spiro atoms. The first-order chi connectivity index (χ1) is 11.6. The Balaban J connectivity index is 1.51. The lowest BCUT2D eigenvalue weighted by molar-refractivity contribution is 0.167. The number of ether oxygens (including phenoxy) is 1. The minimum absolute atomic E-state index is 0.0941. The second-order valence-electron chi connectivity index (χ2n) is 7.22. The number of aromatic nitrogens is 2. The molecule has 1 fully saturated rings. The van der Waals surface area contributed by atoms with Crippen LogP contribution in [0.3, 0.4) is 0 Å². The predicted octanol–water partition coefficient (Wildman–Crippen LogP) is 2.77. The van der Waals surface area contributed by atoms with E-state index < -0.39 is 0 Å². The van der Waals surface area contributed by atoms with Gasteiger partial charge in [0.15, 0.2) is 0 Å². The quantitative estimate of drug-likeness (QED) is 0.810. The highest BCUT2D eigenvalue weighted by molar-refractivity contribution is 5.14. The first-order valence-corrected chi connectivity index (χ1v) is 8.50. The smallest absolute Gasteiger partial charge is 0.313 e. The molecule has 5 nitrogen and oxygen atoms in total. The van der Waals surface area contributed by atoms with Gasteiger partial charge < -0.3 is 14.6 Å². The van der Waals surface area contributed by atoms with Crippen molar-refractivity contribution in [3.8, 4) is 5.88 Å². The number of hydrogen-bond donors (Lipinski definition) is 1. The fourth-order valence-electron chi connectivity index (χ4n) is 2.60. The normalized spacial score (nSPS) is 14.6. The summed E-state index contributed by atoms with van der Waals surface area (Å²) in [4.78, 5) is 16.4. The minimum Gasteiger partial charge on any atom is -0.473 e. The molecule has 0 aliphatic heterocycles. The van der Waals surface area contributed by atoms with Gasteiger partial charge in [0.05, 0.1) is 6.61 Å². The molecule has 128 valence electrons. The van der Waals surface area contributed by atoms with Gasteiger partial charge in [0.1, 0.15) is 0 Å². The van der Waals surface area contributed by atoms with Crippen molar-refractivity contribution >= 4 is 0 Å². The highest BCUT2D eigenvalue weighted by atomic mass is 16.5. The molecule has 1 N–H and O–H groups in total. The van der Waals surface area contributed by atoms with Gasteiger partial charge in [0, 0.05) is 36.9 Å². The van der Waals surface area contributed by atoms with E-state index in [2.05, 4.69) is 36.3 Å². The summed E-state index contributed by atoms with van der Waals surface area (Å²) in [5, 5.41) is 3.45. The van der Waals surface area contributed by atoms with E-state index in [4.69, 9.17) is 4.74 Å². The van der Waals surface area contributed by atoms with Gasteiger partial charge >= 0.3 is 5.56 Å². The predicted molar refractivity (Wildman–Crippen MR) is 94.2 cm³/mol. The third-order valence-corrected chi connectivity index (χ3v) is 4.15. The van der Waals surface area contributed by atoms with Crippen molar-refractivity contribution in [3.05, 3.63) is 58.6 Å². The van der Waals surface area contributed by atoms with Crippen LogP contribution >= 0.6 is 0 Å². The lowest BCUT2D eigenvalue weighted by Crippen LogP contribution is -2.35. The summed E-state index contributed by atoms with van der Waals surface area (Å²) in [5.74, 6) is 0.209. The van der Waals surface area contributed by atoms with Crippen LogP contribution in [0.15, 0.2) is 47.5 Å². The zero-order chi connectivity index (χ0) is 17.0. The zero-order valence-corrected chi connectivity index (χ0v) is 14.4. The van der Waals surface area contributed by atoms with Gasteiger partial charge in [-0.2, -0.15) is 0 Å². The highest BCUT2D eigenvalue weighted by Crippen LogP contribution is 2.33. The van der Waals surface area contributed by atoms with Gasteiger partial charge in [0.25, 0.3) is 5.88 Å². The molecular formula is C19H25N3O2. The Bertz CT molecular complexity index is 721. The second-order valence-corrected chi connectivity index (χ2v) is 7.22. The number of nitrogens with zero attached hydrogens (tertiary/aromatic N) is 2. The summed E-state index contributed by atoms with van der Waals surface area (Å²) in [6.45, 7) is 6.31. The molecule has 2 aromatic rings. The van der Waals surface area contributed by atoms with Crippen LogP contribution in [0, 0.1) is 5.41 Å². The molecule has 1 heterocycles. The van der Waals surface area contributed by atoms with Crippen molar-refractivity contribution in [3.63, 3.8) is 0 Å². The first kappa shape index (κ1) is 16.7. The summed E-state index contributed by atoms with van der Waals surface area (Å²) < 4.78 is 7.48. The Morgan fingerprint density at radius 1 is 1.29 bits per heavy atom. The molecule has 1 aliphatic carbocycles. The molecule has 0 unspecified atom stereocenters. The van der Waals surface area contributed by atoms with Gasteiger partial charge in [-0.3, -0.25) is 4.79 Å². The Labute approximate surface area is 142 Å². The van der Waals surface area contributed by atoms with E-state index in [1.54, 1.807) is 17.0 Å². The van der Waals surface area contributed by atoms with E-state index in [9.17, 15) is 4.79 Å². The van der Waals surface area contributed by atoms with Crippen LogP contribution in [0.25, 0.3) is 0 Å². The fourth-order valence-corrected chi connectivity index (χ4v) is 2.60. The maximum Gasteiger partial charge on any atom is 0.313 e. The third kappa shape index (κ3) is 4.45. The van der Waals surface area contributed by atoms with Crippen molar-refractivity contribution in [2.45, 2.75) is 39.3 Å². The Hall–Kier alpha value is -2.14. The summed E-state index contributed by atoms with van der Waals surface area (Å²) in [6.07, 6.45) is 5.53. The Morgan fingerprint density at radius 2 is 2.04 bits per heavy atom. The standard InChI is InChI=1S/C19H25N3O2/c1-19(2,13-20-12-15-6-4-3-5-7-15)14-24-17-18(23)22(11-10-21-17)16-8-9-16/h3-7,10-11,16,20H,8-9,12-14H2,1-2H3. The lowest BCUT2D eigenvalue weighted by atomic mass is 9.95. The number of rotatable bonds is 8. The van der Waals surface area contributed by atoms with Gasteiger partial charge in [-0.25, -0.2) is 4.98 Å². The second kappa shape index (κ2) is 7.18. The largest absolute Gasteiger partial charge is 0.473 e. The highest BCUT2D eigenvalue weighted by Gasteiger charge is 2.26. The molecule has 0 radical (unpaired) electrons. The molecule has 1 saturated carbocycles. The fraction of sp³-hybridized carbons (Fsp3) is 0.474. The maximum atomic E-state index is 12.3. The maximum absolute atomic E-state index is 12.3. The SMILES string of the molecule is CC(C)(CNCc1ccccc1)COc1nccn(C2CC2)c1=O. The van der Waals surface area contributed by atoms with Crippen LogP contribution in [0.4, 0.5) is 0 Å². The monoisotopic (exact) mass is 327 g/mol. The summed E-state index contributed by atoms with van der Waals surface area (Å²) in [6, 6.07) is 10.6. The molecule has 1 aliphatic rings. The Morgan fingerprint density at radius 3 is 2.75 bits per heavy atom. The number of hydrogen-bond acceptors (Lipinski definition) is 4. The van der Waals surface area contributed by atoms with E-state index in [1.807, 2.05) is 18.2 Å². The third-order valence-electron chi connectivity index (χ3n) is 4.15. The number of nitrogens with one attached hydrogen (secondary N) is 1. The van der Waals surface area contributed by atoms with Crippen LogP contribution in [0.2, 0.25) is 0 Å². The van der Waals surface area contributed by atoms with Crippen LogP contribution in [-0.4, -0.2) is 22.7 Å². The molecule has 1 aromatic heterocycles. The van der Waals surface area contributed by atoms with Crippen LogP contribution in [-0.2, 0) is 6.54 Å². The first-order valence-electron chi connectivity index (χ1n) is 8.50. The lowest BCUT2D eigenvalue weighted by Gasteiger charge is -2.25. The minimum atomic E-state index is -0.118. The van der Waals surface area contributed by atoms with E-state index >= 15 is 0 Å². The zero-order valence-electron chi connectivity index (χ0n) is 14.4. The molecule has 0 atom stereocenters. The summed E-state index contributed by atoms with van der Waals surface area (Å²) in [5.41, 5.74) is 1.04. The van der Waals surface area contributed by atoms with E-state index in [1.165, 1.54) is 5.56 Å². The molecule has 1 aromatic carbocycles. The summed E-state index contributed by atoms with van der Waals surface area (Å²) in [7, 11) is 0. The molecule has 0 amide bonds. The van der Waals surface area contributed by atoms with Crippen LogP contribution in [0.1, 0.15) is 38.3 Å². The molecular weight excluding hydrogens is 302 g/mol. The molecule has 5 heteroatoms. The average molecular weight is 327 g/mol. The molecule has 3 rings (SSSR count). The van der Waals surface area contributed by atoms with Gasteiger partial charge in [0.2, 0.25) is 0 Å². The van der Waals surface area contributed by atoms with Crippen molar-refractivity contribution in [1.82, 2.24) is 14.9 Å². The van der Waals surface area contributed by atoms with E-state index in [-0.39, 0.29) is 16.9 Å². The topological polar surface area (TPSA) is 56.1 Å². The van der Waals surface area contributed by atoms with Crippen molar-refractivity contribution < 1.29 is 4.74 Å². The molecule has 0 saturated heterocycles. The van der Waals surface area contributed by atoms with Crippen molar-refractivity contribution in [1.29, 1.82) is 0 Å². The van der Waals surface area contributed by atoms with Crippen LogP contribution in [0.5, 0.6) is 5.88 Å². The summed E-state index contributed by atoms with van der Waals surface area (Å²) >= 11 is 0. The van der Waals surface area contributed by atoms with Gasteiger partial charge in [-0.15, -0.1) is 0 Å². The number of benzene rings is 1. The van der Waals surface area contributed by atoms with Gasteiger partial charge in [-0.05, 0) is 18.4 Å². The molecule has 24 heavy (non-hydrogen) atoms. The van der Waals surface area contributed by atoms with E-state index in [0.717, 1.165) is 25.9 Å². The van der Waals surface area contributed by atoms with Crippen molar-refractivity contribution in [2.24, 2.45) is 5.41 Å². The van der Waals surface area contributed by atoms with Crippen LogP contribution < -0.4 is 15.6 Å². The van der Waals surface area contributed by atoms with Gasteiger partial charge in [-0.1, -0.05) is 44.2 Å². The van der Waals surface area contributed by atoms with Crippen molar-refractivity contribution in [2.75, 3.05) is 13.2 Å².